The van der Waals surface area contributed by atoms with E-state index in [4.69, 9.17) is 4.74 Å². The van der Waals surface area contributed by atoms with Gasteiger partial charge in [-0.3, -0.25) is 14.5 Å². The highest BCUT2D eigenvalue weighted by Crippen LogP contribution is 2.27. The van der Waals surface area contributed by atoms with Crippen LogP contribution in [0.3, 0.4) is 0 Å². The van der Waals surface area contributed by atoms with Crippen molar-refractivity contribution in [2.75, 3.05) is 51.3 Å². The Labute approximate surface area is 155 Å². The number of anilines is 1. The van der Waals surface area contributed by atoms with E-state index in [-0.39, 0.29) is 17.7 Å². The summed E-state index contributed by atoms with van der Waals surface area (Å²) in [7, 11) is 1.67. The van der Waals surface area contributed by atoms with Gasteiger partial charge in [-0.15, -0.1) is 0 Å². The van der Waals surface area contributed by atoms with Crippen LogP contribution in [0.1, 0.15) is 24.8 Å². The van der Waals surface area contributed by atoms with Gasteiger partial charge in [0.15, 0.2) is 0 Å². The summed E-state index contributed by atoms with van der Waals surface area (Å²) in [5.74, 6) is 0.370. The summed E-state index contributed by atoms with van der Waals surface area (Å²) in [5.41, 5.74) is 2.31. The number of ether oxygens (including phenoxy) is 1. The van der Waals surface area contributed by atoms with Gasteiger partial charge < -0.3 is 15.0 Å². The van der Waals surface area contributed by atoms with Crippen molar-refractivity contribution in [2.45, 2.75) is 25.7 Å². The van der Waals surface area contributed by atoms with Gasteiger partial charge in [-0.2, -0.15) is 0 Å². The van der Waals surface area contributed by atoms with Crippen molar-refractivity contribution in [3.8, 4) is 0 Å². The standard InChI is InChI=1S/C20H29N3O3/c1-26-14-4-10-21-20(25)17-7-11-22(12-8-17)15-19(24)23-13-9-16-5-2-3-6-18(16)23/h2-3,5-6,17H,4,7-15H2,1H3,(H,21,25). The smallest absolute Gasteiger partial charge is 0.241 e. The molecule has 0 saturated carbocycles. The molecule has 0 radical (unpaired) electrons. The molecule has 26 heavy (non-hydrogen) atoms. The van der Waals surface area contributed by atoms with Crippen LogP contribution < -0.4 is 10.2 Å². The predicted molar refractivity (Wildman–Crippen MR) is 101 cm³/mol. The van der Waals surface area contributed by atoms with E-state index < -0.39 is 0 Å². The fraction of sp³-hybridized carbons (Fsp3) is 0.600. The maximum atomic E-state index is 12.7. The van der Waals surface area contributed by atoms with Gasteiger partial charge in [0.2, 0.25) is 11.8 Å². The second-order valence-electron chi connectivity index (χ2n) is 7.11. The van der Waals surface area contributed by atoms with E-state index in [1.807, 2.05) is 23.1 Å². The highest BCUT2D eigenvalue weighted by molar-refractivity contribution is 5.96. The highest BCUT2D eigenvalue weighted by atomic mass is 16.5. The van der Waals surface area contributed by atoms with Crippen LogP contribution in [0.2, 0.25) is 0 Å². The molecular weight excluding hydrogens is 330 g/mol. The topological polar surface area (TPSA) is 61.9 Å². The molecule has 1 aromatic carbocycles. The first-order chi connectivity index (χ1) is 12.7. The Hall–Kier alpha value is -1.92. The van der Waals surface area contributed by atoms with Crippen LogP contribution in [0.15, 0.2) is 24.3 Å². The molecule has 0 unspecified atom stereocenters. The van der Waals surface area contributed by atoms with Crippen molar-refractivity contribution in [2.24, 2.45) is 5.92 Å². The largest absolute Gasteiger partial charge is 0.385 e. The van der Waals surface area contributed by atoms with E-state index in [0.29, 0.717) is 19.7 Å². The molecule has 2 amide bonds. The first-order valence-electron chi connectivity index (χ1n) is 9.56. The number of amides is 2. The van der Waals surface area contributed by atoms with Crippen LogP contribution in [0.5, 0.6) is 0 Å². The van der Waals surface area contributed by atoms with Gasteiger partial charge in [-0.1, -0.05) is 18.2 Å². The minimum absolute atomic E-state index is 0.0661. The zero-order valence-corrected chi connectivity index (χ0v) is 15.6. The van der Waals surface area contributed by atoms with Crippen LogP contribution in [0.4, 0.5) is 5.69 Å². The quantitative estimate of drug-likeness (QED) is 0.749. The summed E-state index contributed by atoms with van der Waals surface area (Å²) in [5, 5.41) is 2.99. The number of hydrogen-bond donors (Lipinski definition) is 1. The third-order valence-electron chi connectivity index (χ3n) is 5.33. The molecule has 0 spiro atoms. The predicted octanol–water partition coefficient (Wildman–Crippen LogP) is 1.44. The number of carbonyl (C=O) groups is 2. The average molecular weight is 359 g/mol. The molecule has 1 aromatic rings. The number of benzene rings is 1. The third-order valence-corrected chi connectivity index (χ3v) is 5.33. The monoisotopic (exact) mass is 359 g/mol. The number of fused-ring (bicyclic) bond motifs is 1. The number of methoxy groups -OCH3 is 1. The van der Waals surface area contributed by atoms with E-state index in [2.05, 4.69) is 16.3 Å². The average Bonchev–Trinajstić information content (AvgIpc) is 3.10. The van der Waals surface area contributed by atoms with E-state index in [0.717, 1.165) is 51.0 Å². The summed E-state index contributed by atoms with van der Waals surface area (Å²) in [6, 6.07) is 8.14. The Bertz CT molecular complexity index is 626. The number of carbonyl (C=O) groups excluding carboxylic acids is 2. The number of nitrogens with one attached hydrogen (secondary N) is 1. The van der Waals surface area contributed by atoms with Crippen LogP contribution in [-0.4, -0.2) is 63.2 Å². The third kappa shape index (κ3) is 4.62. The summed E-state index contributed by atoms with van der Waals surface area (Å²) >= 11 is 0. The summed E-state index contributed by atoms with van der Waals surface area (Å²) in [6.45, 7) is 4.16. The summed E-state index contributed by atoms with van der Waals surface area (Å²) in [4.78, 5) is 29.0. The minimum Gasteiger partial charge on any atom is -0.385 e. The lowest BCUT2D eigenvalue weighted by Gasteiger charge is -2.32. The molecule has 6 heteroatoms. The lowest BCUT2D eigenvalue weighted by molar-refractivity contribution is -0.126. The lowest BCUT2D eigenvalue weighted by Crippen LogP contribution is -2.45. The Morgan fingerprint density at radius 2 is 1.96 bits per heavy atom. The summed E-state index contributed by atoms with van der Waals surface area (Å²) in [6.07, 6.45) is 3.42. The maximum Gasteiger partial charge on any atom is 0.241 e. The molecule has 1 fully saturated rings. The van der Waals surface area contributed by atoms with Gasteiger partial charge in [-0.05, 0) is 50.4 Å². The zero-order valence-electron chi connectivity index (χ0n) is 15.6. The maximum absolute atomic E-state index is 12.7. The number of likely N-dealkylation sites (tertiary alicyclic amines) is 1. The van der Waals surface area contributed by atoms with E-state index in [1.54, 1.807) is 7.11 Å². The number of hydrogen-bond acceptors (Lipinski definition) is 4. The Balaban J connectivity index is 1.42. The fourth-order valence-corrected chi connectivity index (χ4v) is 3.80. The molecule has 0 aliphatic carbocycles. The van der Waals surface area contributed by atoms with E-state index in [9.17, 15) is 9.59 Å². The van der Waals surface area contributed by atoms with Crippen molar-refractivity contribution < 1.29 is 14.3 Å². The molecule has 3 rings (SSSR count). The van der Waals surface area contributed by atoms with Gasteiger partial charge in [0.25, 0.3) is 0 Å². The van der Waals surface area contributed by atoms with Crippen LogP contribution in [0, 0.1) is 5.92 Å². The number of piperidine rings is 1. The molecule has 6 nitrogen and oxygen atoms in total. The van der Waals surface area contributed by atoms with Gasteiger partial charge >= 0.3 is 0 Å². The number of nitrogens with zero attached hydrogens (tertiary/aromatic N) is 2. The highest BCUT2D eigenvalue weighted by Gasteiger charge is 2.29. The van der Waals surface area contributed by atoms with Crippen molar-refractivity contribution in [3.63, 3.8) is 0 Å². The second kappa shape index (κ2) is 9.14. The molecule has 0 bridgehead atoms. The molecule has 1 saturated heterocycles. The number of rotatable bonds is 7. The lowest BCUT2D eigenvalue weighted by atomic mass is 9.96. The summed E-state index contributed by atoms with van der Waals surface area (Å²) < 4.78 is 4.99. The molecular formula is C20H29N3O3. The molecule has 0 aromatic heterocycles. The van der Waals surface area contributed by atoms with Crippen molar-refractivity contribution in [1.82, 2.24) is 10.2 Å². The Morgan fingerprint density at radius 3 is 2.73 bits per heavy atom. The van der Waals surface area contributed by atoms with E-state index in [1.165, 1.54) is 5.56 Å². The van der Waals surface area contributed by atoms with Gasteiger partial charge in [0, 0.05) is 38.4 Å². The molecule has 142 valence electrons. The van der Waals surface area contributed by atoms with Crippen molar-refractivity contribution >= 4 is 17.5 Å². The minimum atomic E-state index is 0.0661. The normalized spacial score (nSPS) is 18.0. The Kier molecular flexibility index (Phi) is 6.63. The SMILES string of the molecule is COCCCNC(=O)C1CCN(CC(=O)N2CCc3ccccc32)CC1. The van der Waals surface area contributed by atoms with Gasteiger partial charge in [0.05, 0.1) is 6.54 Å². The van der Waals surface area contributed by atoms with Crippen molar-refractivity contribution in [1.29, 1.82) is 0 Å². The fourth-order valence-electron chi connectivity index (χ4n) is 3.80. The van der Waals surface area contributed by atoms with Crippen LogP contribution in [-0.2, 0) is 20.7 Å². The first-order valence-corrected chi connectivity index (χ1v) is 9.56. The zero-order chi connectivity index (χ0) is 18.4. The Morgan fingerprint density at radius 1 is 1.19 bits per heavy atom. The van der Waals surface area contributed by atoms with Gasteiger partial charge in [-0.25, -0.2) is 0 Å². The van der Waals surface area contributed by atoms with Crippen molar-refractivity contribution in [3.05, 3.63) is 29.8 Å². The van der Waals surface area contributed by atoms with Crippen LogP contribution >= 0.6 is 0 Å². The molecule has 2 aliphatic heterocycles. The first kappa shape index (κ1) is 18.9. The van der Waals surface area contributed by atoms with E-state index >= 15 is 0 Å². The molecule has 1 N–H and O–H groups in total. The molecule has 0 atom stereocenters. The number of para-hydroxylation sites is 1. The van der Waals surface area contributed by atoms with Gasteiger partial charge in [0.1, 0.15) is 0 Å². The van der Waals surface area contributed by atoms with Crippen LogP contribution in [0.25, 0.3) is 0 Å². The second-order valence-corrected chi connectivity index (χ2v) is 7.11. The molecule has 2 heterocycles. The molecule has 2 aliphatic rings.